The summed E-state index contributed by atoms with van der Waals surface area (Å²) in [5.41, 5.74) is 0.322. The quantitative estimate of drug-likeness (QED) is 0.873. The molecule has 2 aromatic rings. The predicted octanol–water partition coefficient (Wildman–Crippen LogP) is 1.84. The molecule has 1 fully saturated rings. The van der Waals surface area contributed by atoms with E-state index in [1.165, 1.54) is 0 Å². The first kappa shape index (κ1) is 14.9. The molecule has 0 bridgehead atoms. The lowest BCUT2D eigenvalue weighted by Gasteiger charge is -2.24. The normalized spacial score (nSPS) is 21.1. The molecule has 1 aliphatic heterocycles. The van der Waals surface area contributed by atoms with E-state index in [1.807, 2.05) is 24.3 Å². The van der Waals surface area contributed by atoms with Crippen molar-refractivity contribution in [3.05, 3.63) is 30.2 Å². The van der Waals surface area contributed by atoms with Gasteiger partial charge >= 0.3 is 5.97 Å². The Kier molecular flexibility index (Phi) is 4.06. The van der Waals surface area contributed by atoms with Crippen molar-refractivity contribution in [2.24, 2.45) is 0 Å². The fourth-order valence-corrected chi connectivity index (χ4v) is 3.79. The number of carboxylic acids is 1. The Bertz CT molecular complexity index is 673. The summed E-state index contributed by atoms with van der Waals surface area (Å²) < 4.78 is 5.55. The van der Waals surface area contributed by atoms with Gasteiger partial charge in [-0.05, 0) is 24.3 Å². The lowest BCUT2D eigenvalue weighted by atomic mass is 9.99. The van der Waals surface area contributed by atoms with Crippen LogP contribution in [-0.4, -0.2) is 39.0 Å². The minimum atomic E-state index is -1.12. The number of carbonyl (C=O) groups excluding carboxylic acids is 1. The lowest BCUT2D eigenvalue weighted by molar-refractivity contribution is -0.146. The summed E-state index contributed by atoms with van der Waals surface area (Å²) in [6, 6.07) is 7.40. The number of carbonyl (C=O) groups is 2. The molecule has 1 saturated heterocycles. The molecule has 22 heavy (non-hydrogen) atoms. The maximum atomic E-state index is 12.0. The number of nitrogens with one attached hydrogen (secondary N) is 1. The molecule has 3 rings (SSSR count). The standard InChI is InChI=1S/C15H16N2O4S/c18-12(17-15(14(19)20)7-8-22-9-15)5-6-13-16-10-3-1-2-4-11(10)21-13/h1-4H,5-9H2,(H,17,18)(H,19,20). The molecule has 7 heteroatoms. The van der Waals surface area contributed by atoms with Crippen LogP contribution >= 0.6 is 11.8 Å². The number of aromatic nitrogens is 1. The Balaban J connectivity index is 1.61. The Morgan fingerprint density at radius 3 is 2.91 bits per heavy atom. The third kappa shape index (κ3) is 2.94. The number of para-hydroxylation sites is 2. The van der Waals surface area contributed by atoms with Crippen LogP contribution in [0.3, 0.4) is 0 Å². The third-order valence-corrected chi connectivity index (χ3v) is 4.90. The van der Waals surface area contributed by atoms with Gasteiger partial charge in [0.1, 0.15) is 11.1 Å². The van der Waals surface area contributed by atoms with Crippen molar-refractivity contribution >= 4 is 34.7 Å². The van der Waals surface area contributed by atoms with Crippen LogP contribution in [0.15, 0.2) is 28.7 Å². The summed E-state index contributed by atoms with van der Waals surface area (Å²) in [7, 11) is 0. The van der Waals surface area contributed by atoms with Crippen molar-refractivity contribution in [2.75, 3.05) is 11.5 Å². The Labute approximate surface area is 131 Å². The first-order valence-electron chi connectivity index (χ1n) is 7.06. The van der Waals surface area contributed by atoms with Crippen molar-refractivity contribution in [3.8, 4) is 0 Å². The molecule has 0 spiro atoms. The van der Waals surface area contributed by atoms with Gasteiger partial charge in [-0.1, -0.05) is 12.1 Å². The van der Waals surface area contributed by atoms with Crippen molar-refractivity contribution in [1.29, 1.82) is 0 Å². The maximum absolute atomic E-state index is 12.0. The van der Waals surface area contributed by atoms with Crippen LogP contribution in [0.4, 0.5) is 0 Å². The highest BCUT2D eigenvalue weighted by Crippen LogP contribution is 2.28. The summed E-state index contributed by atoms with van der Waals surface area (Å²) in [5.74, 6) is 0.399. The van der Waals surface area contributed by atoms with Gasteiger partial charge in [-0.2, -0.15) is 11.8 Å². The number of hydrogen-bond acceptors (Lipinski definition) is 5. The van der Waals surface area contributed by atoms with E-state index in [9.17, 15) is 14.7 Å². The average molecular weight is 320 g/mol. The van der Waals surface area contributed by atoms with Crippen LogP contribution in [0.5, 0.6) is 0 Å². The molecule has 1 amide bonds. The van der Waals surface area contributed by atoms with E-state index >= 15 is 0 Å². The fraction of sp³-hybridized carbons (Fsp3) is 0.400. The zero-order valence-corrected chi connectivity index (χ0v) is 12.7. The zero-order chi connectivity index (χ0) is 15.6. The van der Waals surface area contributed by atoms with Crippen molar-refractivity contribution < 1.29 is 19.1 Å². The van der Waals surface area contributed by atoms with Gasteiger partial charge in [0.05, 0.1) is 0 Å². The lowest BCUT2D eigenvalue weighted by Crippen LogP contribution is -2.54. The number of benzene rings is 1. The molecular formula is C15H16N2O4S. The average Bonchev–Trinajstić information content (AvgIpc) is 3.11. The summed E-state index contributed by atoms with van der Waals surface area (Å²) in [5, 5.41) is 12.0. The summed E-state index contributed by atoms with van der Waals surface area (Å²) in [6.07, 6.45) is 0.970. The van der Waals surface area contributed by atoms with Crippen LogP contribution in [-0.2, 0) is 16.0 Å². The number of thioether (sulfide) groups is 1. The molecule has 2 N–H and O–H groups in total. The van der Waals surface area contributed by atoms with Crippen LogP contribution in [0, 0.1) is 0 Å². The second-order valence-corrected chi connectivity index (χ2v) is 6.42. The number of amides is 1. The van der Waals surface area contributed by atoms with Gasteiger partial charge in [0.2, 0.25) is 5.91 Å². The first-order chi connectivity index (χ1) is 10.6. The van der Waals surface area contributed by atoms with E-state index in [1.54, 1.807) is 11.8 Å². The number of carboxylic acid groups (broad SMARTS) is 1. The molecular weight excluding hydrogens is 304 g/mol. The van der Waals surface area contributed by atoms with E-state index in [0.29, 0.717) is 30.1 Å². The van der Waals surface area contributed by atoms with Gasteiger partial charge in [-0.25, -0.2) is 9.78 Å². The van der Waals surface area contributed by atoms with Gasteiger partial charge < -0.3 is 14.8 Å². The first-order valence-corrected chi connectivity index (χ1v) is 8.21. The number of rotatable bonds is 5. The molecule has 1 aliphatic rings. The molecule has 116 valence electrons. The fourth-order valence-electron chi connectivity index (χ4n) is 2.46. The van der Waals surface area contributed by atoms with Gasteiger partial charge in [-0.3, -0.25) is 4.79 Å². The van der Waals surface area contributed by atoms with Gasteiger partial charge in [0.25, 0.3) is 0 Å². The van der Waals surface area contributed by atoms with Crippen molar-refractivity contribution in [1.82, 2.24) is 10.3 Å². The van der Waals surface area contributed by atoms with Crippen LogP contribution in [0.25, 0.3) is 11.1 Å². The third-order valence-electron chi connectivity index (χ3n) is 3.71. The SMILES string of the molecule is O=C(CCc1nc2ccccc2o1)NC1(C(=O)O)CCSC1. The van der Waals surface area contributed by atoms with E-state index in [4.69, 9.17) is 4.42 Å². The number of oxazole rings is 1. The van der Waals surface area contributed by atoms with E-state index in [2.05, 4.69) is 10.3 Å². The molecule has 0 saturated carbocycles. The minimum absolute atomic E-state index is 0.159. The minimum Gasteiger partial charge on any atom is -0.479 e. The number of fused-ring (bicyclic) bond motifs is 1. The number of nitrogens with zero attached hydrogens (tertiary/aromatic N) is 1. The van der Waals surface area contributed by atoms with Gasteiger partial charge in [0.15, 0.2) is 11.5 Å². The zero-order valence-electron chi connectivity index (χ0n) is 11.9. The molecule has 0 aliphatic carbocycles. The van der Waals surface area contributed by atoms with Crippen molar-refractivity contribution in [3.63, 3.8) is 0 Å². The second kappa shape index (κ2) is 6.00. The van der Waals surface area contributed by atoms with Crippen molar-refractivity contribution in [2.45, 2.75) is 24.8 Å². The Hall–Kier alpha value is -2.02. The summed E-state index contributed by atoms with van der Waals surface area (Å²) >= 11 is 1.54. The van der Waals surface area contributed by atoms with Gasteiger partial charge in [-0.15, -0.1) is 0 Å². The Morgan fingerprint density at radius 2 is 2.23 bits per heavy atom. The summed E-state index contributed by atoms with van der Waals surface area (Å²) in [6.45, 7) is 0. The van der Waals surface area contributed by atoms with Crippen LogP contribution in [0.1, 0.15) is 18.7 Å². The monoisotopic (exact) mass is 320 g/mol. The molecule has 1 atom stereocenters. The number of aliphatic carboxylic acids is 1. The number of hydrogen-bond donors (Lipinski definition) is 2. The number of aryl methyl sites for hydroxylation is 1. The van der Waals surface area contributed by atoms with Crippen LogP contribution < -0.4 is 5.32 Å². The highest BCUT2D eigenvalue weighted by Gasteiger charge is 2.43. The summed E-state index contributed by atoms with van der Waals surface area (Å²) in [4.78, 5) is 27.7. The van der Waals surface area contributed by atoms with Crippen LogP contribution in [0.2, 0.25) is 0 Å². The van der Waals surface area contributed by atoms with E-state index in [-0.39, 0.29) is 12.3 Å². The Morgan fingerprint density at radius 1 is 1.41 bits per heavy atom. The maximum Gasteiger partial charge on any atom is 0.330 e. The molecule has 2 heterocycles. The highest BCUT2D eigenvalue weighted by atomic mass is 32.2. The smallest absolute Gasteiger partial charge is 0.330 e. The second-order valence-electron chi connectivity index (χ2n) is 5.31. The molecule has 1 aromatic carbocycles. The topological polar surface area (TPSA) is 92.4 Å². The van der Waals surface area contributed by atoms with Gasteiger partial charge in [0, 0.05) is 18.6 Å². The van der Waals surface area contributed by atoms with E-state index < -0.39 is 11.5 Å². The largest absolute Gasteiger partial charge is 0.479 e. The molecule has 1 aromatic heterocycles. The molecule has 1 unspecified atom stereocenters. The van der Waals surface area contributed by atoms with E-state index in [0.717, 1.165) is 11.3 Å². The molecule has 0 radical (unpaired) electrons. The predicted molar refractivity (Wildman–Crippen MR) is 82.8 cm³/mol. The highest BCUT2D eigenvalue weighted by molar-refractivity contribution is 7.99. The molecule has 6 nitrogen and oxygen atoms in total.